The number of hydrogen-bond donors (Lipinski definition) is 3. The number of piperidine rings is 1. The molecular weight excluding hydrogens is 428 g/mol. The molecule has 176 valence electrons. The lowest BCUT2D eigenvalue weighted by atomic mass is 9.52. The Morgan fingerprint density at radius 3 is 2.52 bits per heavy atom. The Morgan fingerprint density at radius 2 is 1.94 bits per heavy atom. The second-order valence-corrected chi connectivity index (χ2v) is 9.94. The zero-order valence-electron chi connectivity index (χ0n) is 18.5. The number of rotatable bonds is 4. The average Bonchev–Trinajstić information content (AvgIpc) is 2.63. The van der Waals surface area contributed by atoms with Crippen LogP contribution in [0.5, 0.6) is 0 Å². The van der Waals surface area contributed by atoms with Crippen LogP contribution in [0.4, 0.5) is 14.5 Å². The second-order valence-electron chi connectivity index (χ2n) is 9.94. The van der Waals surface area contributed by atoms with E-state index in [1.165, 1.54) is 31.4 Å². The fourth-order valence-electron chi connectivity index (χ4n) is 5.59. The molecule has 0 bridgehead atoms. The summed E-state index contributed by atoms with van der Waals surface area (Å²) in [4.78, 5) is 17.6. The van der Waals surface area contributed by atoms with E-state index in [1.807, 2.05) is 4.90 Å². The molecule has 0 radical (unpaired) electrons. The number of anilines is 1. The predicted molar refractivity (Wildman–Crippen MR) is 121 cm³/mol. The van der Waals surface area contributed by atoms with E-state index in [-0.39, 0.29) is 41.8 Å². The molecule has 5 rings (SSSR count). The number of hydrogen-bond acceptors (Lipinski definition) is 5. The Balaban J connectivity index is 1.16. The van der Waals surface area contributed by atoms with Crippen molar-refractivity contribution in [2.75, 3.05) is 18.0 Å². The Hall–Kier alpha value is -2.97. The van der Waals surface area contributed by atoms with E-state index in [4.69, 9.17) is 15.9 Å². The summed E-state index contributed by atoms with van der Waals surface area (Å²) < 4.78 is 35.1. The normalized spacial score (nSPS) is 25.2. The number of carbonyl (C=O) groups excluding carboxylic acids is 1. The van der Waals surface area contributed by atoms with Gasteiger partial charge in [-0.1, -0.05) is 13.0 Å². The number of nitrogens with zero attached hydrogens (tertiary/aromatic N) is 2. The van der Waals surface area contributed by atoms with E-state index in [0.29, 0.717) is 36.3 Å². The topological polar surface area (TPSA) is 104 Å². The number of amides is 1. The summed E-state index contributed by atoms with van der Waals surface area (Å²) in [6.07, 6.45) is 6.34. The van der Waals surface area contributed by atoms with Gasteiger partial charge in [0.1, 0.15) is 11.6 Å². The van der Waals surface area contributed by atoms with Crippen molar-refractivity contribution in [3.8, 4) is 0 Å². The SMILES string of the molecule is C=C1NC(=O)CCC1c1c(F)cc(N2CC(N=C(N)OC(=N)C3CC4(CCC4)C3)C2)cc1F. The summed E-state index contributed by atoms with van der Waals surface area (Å²) >= 11 is 0. The highest BCUT2D eigenvalue weighted by Crippen LogP contribution is 2.58. The molecule has 1 spiro atoms. The van der Waals surface area contributed by atoms with Gasteiger partial charge in [-0.25, -0.2) is 13.8 Å². The maximum absolute atomic E-state index is 14.8. The van der Waals surface area contributed by atoms with E-state index < -0.39 is 17.6 Å². The van der Waals surface area contributed by atoms with Crippen molar-refractivity contribution < 1.29 is 18.3 Å². The van der Waals surface area contributed by atoms with Crippen LogP contribution in [0.15, 0.2) is 29.4 Å². The highest BCUT2D eigenvalue weighted by Gasteiger charge is 2.50. The third-order valence-corrected chi connectivity index (χ3v) is 7.69. The van der Waals surface area contributed by atoms with Crippen molar-refractivity contribution >= 4 is 23.5 Å². The van der Waals surface area contributed by atoms with E-state index in [9.17, 15) is 13.6 Å². The van der Waals surface area contributed by atoms with E-state index in [1.54, 1.807) is 0 Å². The third kappa shape index (κ3) is 4.09. The Bertz CT molecular complexity index is 1010. The molecule has 4 aliphatic rings. The van der Waals surface area contributed by atoms with E-state index in [2.05, 4.69) is 16.9 Å². The number of benzene rings is 1. The monoisotopic (exact) mass is 457 g/mol. The highest BCUT2D eigenvalue weighted by atomic mass is 19.1. The molecule has 1 aromatic carbocycles. The number of allylic oxidation sites excluding steroid dienone is 1. The quantitative estimate of drug-likeness (QED) is 0.475. The zero-order chi connectivity index (χ0) is 23.3. The van der Waals surface area contributed by atoms with Gasteiger partial charge in [-0.15, -0.1) is 0 Å². The fraction of sp³-hybridized carbons (Fsp3) is 0.542. The van der Waals surface area contributed by atoms with Crippen LogP contribution in [0, 0.1) is 28.4 Å². The number of nitrogens with two attached hydrogens (primary N) is 1. The zero-order valence-corrected chi connectivity index (χ0v) is 18.5. The molecule has 1 aromatic rings. The summed E-state index contributed by atoms with van der Waals surface area (Å²) in [5.41, 5.74) is 7.03. The molecule has 2 saturated carbocycles. The predicted octanol–water partition coefficient (Wildman–Crippen LogP) is 3.55. The maximum atomic E-state index is 14.8. The van der Waals surface area contributed by atoms with Crippen LogP contribution in [-0.2, 0) is 9.53 Å². The van der Waals surface area contributed by atoms with Crippen LogP contribution in [-0.4, -0.2) is 37.0 Å². The molecule has 2 heterocycles. The van der Waals surface area contributed by atoms with Gasteiger partial charge in [-0.05, 0) is 49.7 Å². The number of halogens is 2. The van der Waals surface area contributed by atoms with Gasteiger partial charge in [0.2, 0.25) is 5.91 Å². The van der Waals surface area contributed by atoms with Gasteiger partial charge in [-0.2, -0.15) is 0 Å². The maximum Gasteiger partial charge on any atom is 0.288 e. The van der Waals surface area contributed by atoms with Gasteiger partial charge in [0.05, 0.1) is 6.04 Å². The van der Waals surface area contributed by atoms with Gasteiger partial charge in [0.15, 0.2) is 5.90 Å². The first kappa shape index (κ1) is 21.9. The molecule has 0 aromatic heterocycles. The number of aliphatic imine (C=N–C) groups is 1. The van der Waals surface area contributed by atoms with Gasteiger partial charge >= 0.3 is 0 Å². The van der Waals surface area contributed by atoms with Crippen molar-refractivity contribution in [3.63, 3.8) is 0 Å². The standard InChI is InChI=1S/C24H29F2N5O2/c1-13-17(3-4-20(32)29-13)21-18(25)7-16(8-19(21)26)31-11-15(12-31)30-23(28)33-22(27)14-9-24(10-14)5-2-6-24/h7-8,14-15,17,27H,1-6,9-12H2,(H2,28,30)(H,29,32). The van der Waals surface area contributed by atoms with Crippen LogP contribution in [0.1, 0.15) is 56.4 Å². The van der Waals surface area contributed by atoms with Crippen molar-refractivity contribution in [2.24, 2.45) is 22.1 Å². The summed E-state index contributed by atoms with van der Waals surface area (Å²) in [5, 5.41) is 10.7. The lowest BCUT2D eigenvalue weighted by Gasteiger charge is -2.53. The fourth-order valence-corrected chi connectivity index (χ4v) is 5.59. The number of nitrogens with one attached hydrogen (secondary N) is 2. The van der Waals surface area contributed by atoms with Gasteiger partial charge in [-0.3, -0.25) is 10.2 Å². The lowest BCUT2D eigenvalue weighted by molar-refractivity contribution is -0.121. The van der Waals surface area contributed by atoms with E-state index in [0.717, 1.165) is 12.8 Å². The molecule has 2 aliphatic heterocycles. The third-order valence-electron chi connectivity index (χ3n) is 7.69. The summed E-state index contributed by atoms with van der Waals surface area (Å²) in [6, 6.07) is 2.44. The summed E-state index contributed by atoms with van der Waals surface area (Å²) in [7, 11) is 0. The summed E-state index contributed by atoms with van der Waals surface area (Å²) in [6.45, 7) is 4.66. The minimum absolute atomic E-state index is 0.0234. The molecule has 1 atom stereocenters. The van der Waals surface area contributed by atoms with Crippen LogP contribution in [0.25, 0.3) is 0 Å². The molecular formula is C24H29F2N5O2. The molecule has 33 heavy (non-hydrogen) atoms. The Labute approximate surface area is 191 Å². The Morgan fingerprint density at radius 1 is 1.27 bits per heavy atom. The Kier molecular flexibility index (Phi) is 5.37. The first-order chi connectivity index (χ1) is 15.7. The van der Waals surface area contributed by atoms with Crippen LogP contribution < -0.4 is 16.0 Å². The molecule has 4 fully saturated rings. The van der Waals surface area contributed by atoms with Crippen molar-refractivity contribution in [1.29, 1.82) is 5.41 Å². The van der Waals surface area contributed by atoms with Crippen LogP contribution >= 0.6 is 0 Å². The van der Waals surface area contributed by atoms with E-state index >= 15 is 0 Å². The minimum atomic E-state index is -0.653. The molecule has 1 unspecified atom stereocenters. The average molecular weight is 458 g/mol. The molecule has 1 amide bonds. The molecule has 4 N–H and O–H groups in total. The molecule has 7 nitrogen and oxygen atoms in total. The largest absolute Gasteiger partial charge is 0.412 e. The van der Waals surface area contributed by atoms with Crippen molar-refractivity contribution in [2.45, 2.75) is 56.9 Å². The number of carbonyl (C=O) groups is 1. The van der Waals surface area contributed by atoms with Gasteiger partial charge in [0, 0.05) is 48.3 Å². The highest BCUT2D eigenvalue weighted by molar-refractivity contribution is 5.90. The van der Waals surface area contributed by atoms with Crippen LogP contribution in [0.2, 0.25) is 0 Å². The first-order valence-corrected chi connectivity index (χ1v) is 11.6. The number of ether oxygens (including phenoxy) is 1. The van der Waals surface area contributed by atoms with Crippen LogP contribution in [0.3, 0.4) is 0 Å². The molecule has 2 saturated heterocycles. The first-order valence-electron chi connectivity index (χ1n) is 11.6. The smallest absolute Gasteiger partial charge is 0.288 e. The van der Waals surface area contributed by atoms with Gasteiger partial charge in [0.25, 0.3) is 6.02 Å². The summed E-state index contributed by atoms with van der Waals surface area (Å²) in [5.74, 6) is -1.75. The second kappa shape index (κ2) is 8.11. The van der Waals surface area contributed by atoms with Crippen molar-refractivity contribution in [3.05, 3.63) is 41.6 Å². The number of amidine groups is 1. The minimum Gasteiger partial charge on any atom is -0.412 e. The van der Waals surface area contributed by atoms with Gasteiger partial charge < -0.3 is 20.7 Å². The lowest BCUT2D eigenvalue weighted by Crippen LogP contribution is -2.51. The molecule has 2 aliphatic carbocycles. The van der Waals surface area contributed by atoms with Crippen molar-refractivity contribution in [1.82, 2.24) is 5.32 Å². The molecule has 9 heteroatoms.